The fourth-order valence-corrected chi connectivity index (χ4v) is 3.10. The van der Waals surface area contributed by atoms with Gasteiger partial charge in [-0.05, 0) is 18.2 Å². The number of hydrogen-bond donors (Lipinski definition) is 2. The molecule has 0 aliphatic rings. The topological polar surface area (TPSA) is 90.0 Å². The molecule has 0 aliphatic carbocycles. The Hall–Kier alpha value is -1.64. The van der Waals surface area contributed by atoms with Gasteiger partial charge in [0.05, 0.1) is 22.9 Å². The van der Waals surface area contributed by atoms with Gasteiger partial charge in [0.2, 0.25) is 10.0 Å². The summed E-state index contributed by atoms with van der Waals surface area (Å²) in [7, 11) is -2.18. The molecule has 0 saturated heterocycles. The van der Waals surface area contributed by atoms with Gasteiger partial charge in [-0.15, -0.1) is 0 Å². The first-order chi connectivity index (χ1) is 9.29. The molecule has 0 unspecified atom stereocenters. The van der Waals surface area contributed by atoms with Crippen LogP contribution >= 0.6 is 11.6 Å². The molecule has 0 spiro atoms. The number of hydrogen-bond acceptors (Lipinski definition) is 4. The van der Waals surface area contributed by atoms with E-state index in [1.165, 1.54) is 0 Å². The van der Waals surface area contributed by atoms with Crippen molar-refractivity contribution in [3.63, 3.8) is 0 Å². The molecule has 108 valence electrons. The van der Waals surface area contributed by atoms with E-state index in [9.17, 15) is 12.8 Å². The van der Waals surface area contributed by atoms with Crippen molar-refractivity contribution in [3.8, 4) is 0 Å². The second-order valence-electron chi connectivity index (χ2n) is 4.11. The number of anilines is 1. The highest BCUT2D eigenvalue weighted by Gasteiger charge is 2.20. The summed E-state index contributed by atoms with van der Waals surface area (Å²) < 4.78 is 41.2. The van der Waals surface area contributed by atoms with Crippen molar-refractivity contribution >= 4 is 27.3 Å². The van der Waals surface area contributed by atoms with Gasteiger partial charge in [-0.3, -0.25) is 4.68 Å². The number of aromatic nitrogens is 2. The minimum Gasteiger partial charge on any atom is -0.396 e. The minimum atomic E-state index is -3.90. The number of rotatable bonds is 4. The van der Waals surface area contributed by atoms with E-state index in [1.54, 1.807) is 24.0 Å². The van der Waals surface area contributed by atoms with E-state index >= 15 is 0 Å². The lowest BCUT2D eigenvalue weighted by Gasteiger charge is -2.08. The maximum atomic E-state index is 13.2. The summed E-state index contributed by atoms with van der Waals surface area (Å²) in [5.41, 5.74) is 5.61. The first-order valence-corrected chi connectivity index (χ1v) is 7.38. The minimum absolute atomic E-state index is 0.00319. The van der Waals surface area contributed by atoms with E-state index in [4.69, 9.17) is 17.3 Å². The van der Waals surface area contributed by atoms with Gasteiger partial charge in [0.15, 0.2) is 0 Å². The number of aryl methyl sites for hydroxylation is 1. The van der Waals surface area contributed by atoms with E-state index in [2.05, 4.69) is 9.82 Å². The van der Waals surface area contributed by atoms with Crippen LogP contribution in [0.2, 0.25) is 5.02 Å². The van der Waals surface area contributed by atoms with Crippen molar-refractivity contribution in [2.24, 2.45) is 7.05 Å². The molecule has 2 rings (SSSR count). The first kappa shape index (κ1) is 14.8. The molecule has 0 bridgehead atoms. The van der Waals surface area contributed by atoms with Crippen LogP contribution in [-0.2, 0) is 23.6 Å². The Balaban J connectivity index is 2.24. The molecular formula is C11H12ClFN4O2S. The Morgan fingerprint density at radius 2 is 2.20 bits per heavy atom. The number of benzene rings is 1. The molecule has 0 fully saturated rings. The van der Waals surface area contributed by atoms with E-state index in [0.717, 1.165) is 12.1 Å². The highest BCUT2D eigenvalue weighted by molar-refractivity contribution is 7.89. The lowest BCUT2D eigenvalue weighted by Crippen LogP contribution is -2.24. The van der Waals surface area contributed by atoms with Crippen LogP contribution in [0.5, 0.6) is 0 Å². The zero-order valence-electron chi connectivity index (χ0n) is 10.5. The van der Waals surface area contributed by atoms with Gasteiger partial charge in [-0.1, -0.05) is 11.6 Å². The number of halogens is 2. The van der Waals surface area contributed by atoms with Gasteiger partial charge in [0, 0.05) is 13.2 Å². The Morgan fingerprint density at radius 1 is 1.50 bits per heavy atom. The fraction of sp³-hybridized carbons (Fsp3) is 0.182. The molecule has 0 atom stereocenters. The van der Waals surface area contributed by atoms with E-state index in [1.807, 2.05) is 0 Å². The predicted octanol–water partition coefficient (Wildman–Crippen LogP) is 1.27. The van der Waals surface area contributed by atoms with Crippen LogP contribution < -0.4 is 10.5 Å². The Kier molecular flexibility index (Phi) is 3.98. The third-order valence-corrected chi connectivity index (χ3v) is 4.42. The predicted molar refractivity (Wildman–Crippen MR) is 73.1 cm³/mol. The molecule has 2 aromatic rings. The molecule has 20 heavy (non-hydrogen) atoms. The summed E-state index contributed by atoms with van der Waals surface area (Å²) in [6.45, 7) is -0.00319. The Labute approximate surface area is 120 Å². The molecule has 0 saturated carbocycles. The second-order valence-corrected chi connectivity index (χ2v) is 6.25. The molecule has 1 aromatic heterocycles. The number of nitrogen functional groups attached to an aromatic ring is 1. The number of nitrogens with two attached hydrogens (primary N) is 1. The maximum absolute atomic E-state index is 13.2. The molecule has 6 nitrogen and oxygen atoms in total. The Morgan fingerprint density at radius 3 is 2.80 bits per heavy atom. The fourth-order valence-electron chi connectivity index (χ4n) is 1.55. The molecule has 0 aliphatic heterocycles. The van der Waals surface area contributed by atoms with E-state index < -0.39 is 15.8 Å². The zero-order chi connectivity index (χ0) is 14.9. The van der Waals surface area contributed by atoms with Crippen LogP contribution in [0.4, 0.5) is 10.1 Å². The Bertz CT molecular complexity index is 745. The third kappa shape index (κ3) is 3.09. The van der Waals surface area contributed by atoms with Crippen molar-refractivity contribution in [1.82, 2.24) is 14.5 Å². The van der Waals surface area contributed by atoms with Crippen molar-refractivity contribution in [2.75, 3.05) is 5.73 Å². The maximum Gasteiger partial charge on any atom is 0.242 e. The summed E-state index contributed by atoms with van der Waals surface area (Å²) in [5.74, 6) is -0.765. The third-order valence-electron chi connectivity index (χ3n) is 2.55. The largest absolute Gasteiger partial charge is 0.396 e. The SMILES string of the molecule is Cn1ccc(CNS(=O)(=O)c2cc(N)c(F)cc2Cl)n1. The average Bonchev–Trinajstić information content (AvgIpc) is 2.77. The molecule has 0 amide bonds. The van der Waals surface area contributed by atoms with Crippen LogP contribution in [-0.4, -0.2) is 18.2 Å². The van der Waals surface area contributed by atoms with Gasteiger partial charge < -0.3 is 5.73 Å². The van der Waals surface area contributed by atoms with Gasteiger partial charge in [0.25, 0.3) is 0 Å². The summed E-state index contributed by atoms with van der Waals surface area (Å²) in [5, 5.41) is 3.80. The first-order valence-electron chi connectivity index (χ1n) is 5.52. The lowest BCUT2D eigenvalue weighted by molar-refractivity contribution is 0.579. The molecular weight excluding hydrogens is 307 g/mol. The molecule has 1 heterocycles. The quantitative estimate of drug-likeness (QED) is 0.831. The van der Waals surface area contributed by atoms with Crippen molar-refractivity contribution in [2.45, 2.75) is 11.4 Å². The van der Waals surface area contributed by atoms with Crippen LogP contribution in [0.3, 0.4) is 0 Å². The summed E-state index contributed by atoms with van der Waals surface area (Å²) >= 11 is 5.74. The van der Waals surface area contributed by atoms with Crippen LogP contribution in [0.25, 0.3) is 0 Å². The van der Waals surface area contributed by atoms with Gasteiger partial charge in [0.1, 0.15) is 10.7 Å². The van der Waals surface area contributed by atoms with Crippen molar-refractivity contribution < 1.29 is 12.8 Å². The van der Waals surface area contributed by atoms with Crippen molar-refractivity contribution in [1.29, 1.82) is 0 Å². The van der Waals surface area contributed by atoms with Crippen LogP contribution in [0, 0.1) is 5.82 Å². The molecule has 3 N–H and O–H groups in total. The highest BCUT2D eigenvalue weighted by Crippen LogP contribution is 2.26. The monoisotopic (exact) mass is 318 g/mol. The molecule has 0 radical (unpaired) electrons. The number of sulfonamides is 1. The zero-order valence-corrected chi connectivity index (χ0v) is 12.0. The van der Waals surface area contributed by atoms with Gasteiger partial charge in [-0.2, -0.15) is 5.10 Å². The smallest absolute Gasteiger partial charge is 0.242 e. The van der Waals surface area contributed by atoms with E-state index in [0.29, 0.717) is 5.69 Å². The lowest BCUT2D eigenvalue weighted by atomic mass is 10.3. The molecule has 9 heteroatoms. The second kappa shape index (κ2) is 5.39. The molecule has 1 aromatic carbocycles. The van der Waals surface area contributed by atoms with Crippen LogP contribution in [0.15, 0.2) is 29.3 Å². The summed E-state index contributed by atoms with van der Waals surface area (Å²) in [4.78, 5) is -0.269. The summed E-state index contributed by atoms with van der Waals surface area (Å²) in [6.07, 6.45) is 1.69. The van der Waals surface area contributed by atoms with Gasteiger partial charge >= 0.3 is 0 Å². The van der Waals surface area contributed by atoms with Gasteiger partial charge in [-0.25, -0.2) is 17.5 Å². The highest BCUT2D eigenvalue weighted by atomic mass is 35.5. The summed E-state index contributed by atoms with van der Waals surface area (Å²) in [6, 6.07) is 3.52. The van der Waals surface area contributed by atoms with Crippen molar-refractivity contribution in [3.05, 3.63) is 40.9 Å². The standard InChI is InChI=1S/C11H12ClFN4O2S/c1-17-3-2-7(16-17)6-15-20(18,19)11-5-10(14)9(13)4-8(11)12/h2-5,15H,6,14H2,1H3. The average molecular weight is 319 g/mol. The van der Waals surface area contributed by atoms with E-state index in [-0.39, 0.29) is 22.2 Å². The normalized spacial score (nSPS) is 11.8. The van der Waals surface area contributed by atoms with Crippen LogP contribution in [0.1, 0.15) is 5.69 Å². The number of nitrogens with one attached hydrogen (secondary N) is 1. The number of nitrogens with zero attached hydrogens (tertiary/aromatic N) is 2.